The van der Waals surface area contributed by atoms with Gasteiger partial charge in [0, 0.05) is 40.4 Å². The Morgan fingerprint density at radius 1 is 1.32 bits per heavy atom. The summed E-state index contributed by atoms with van der Waals surface area (Å²) in [5, 5.41) is 5.76. The molecule has 2 nitrogen and oxygen atoms in total. The molecule has 0 bridgehead atoms. The van der Waals surface area contributed by atoms with Crippen LogP contribution in [0.3, 0.4) is 0 Å². The van der Waals surface area contributed by atoms with Crippen molar-refractivity contribution in [2.75, 3.05) is 20.1 Å². The molecule has 1 atom stereocenters. The van der Waals surface area contributed by atoms with Gasteiger partial charge in [-0.25, -0.2) is 0 Å². The van der Waals surface area contributed by atoms with Crippen LogP contribution in [-0.2, 0) is 6.54 Å². The van der Waals surface area contributed by atoms with Crippen molar-refractivity contribution in [3.8, 4) is 0 Å². The standard InChI is InChI=1S/C15H27BrN2S/c1-12(2)5-6-13(3)17-7-8-18(4)10-15-9-14(16)11-19-15/h9,11-13,17H,5-8,10H2,1-4H3. The first-order valence-corrected chi connectivity index (χ1v) is 8.79. The molecule has 1 rings (SSSR count). The van der Waals surface area contributed by atoms with Crippen LogP contribution in [0.2, 0.25) is 0 Å². The van der Waals surface area contributed by atoms with Crippen LogP contribution in [0.15, 0.2) is 15.9 Å². The van der Waals surface area contributed by atoms with Crippen molar-refractivity contribution >= 4 is 27.3 Å². The first-order valence-electron chi connectivity index (χ1n) is 7.12. The summed E-state index contributed by atoms with van der Waals surface area (Å²) in [5.41, 5.74) is 0. The zero-order valence-corrected chi connectivity index (χ0v) is 15.0. The van der Waals surface area contributed by atoms with Gasteiger partial charge >= 0.3 is 0 Å². The number of thiophene rings is 1. The smallest absolute Gasteiger partial charge is 0.0325 e. The molecule has 0 aliphatic rings. The van der Waals surface area contributed by atoms with E-state index in [2.05, 4.69) is 65.4 Å². The van der Waals surface area contributed by atoms with Gasteiger partial charge in [0.2, 0.25) is 0 Å². The van der Waals surface area contributed by atoms with Crippen molar-refractivity contribution in [2.24, 2.45) is 5.92 Å². The van der Waals surface area contributed by atoms with E-state index >= 15 is 0 Å². The lowest BCUT2D eigenvalue weighted by Crippen LogP contribution is -2.34. The molecule has 0 fully saturated rings. The quantitative estimate of drug-likeness (QED) is 0.714. The van der Waals surface area contributed by atoms with Gasteiger partial charge in [0.15, 0.2) is 0 Å². The lowest BCUT2D eigenvalue weighted by molar-refractivity contribution is 0.316. The molecule has 1 unspecified atom stereocenters. The van der Waals surface area contributed by atoms with Gasteiger partial charge in [0.1, 0.15) is 0 Å². The molecule has 4 heteroatoms. The minimum absolute atomic E-state index is 0.631. The van der Waals surface area contributed by atoms with E-state index in [9.17, 15) is 0 Å². The van der Waals surface area contributed by atoms with Crippen molar-refractivity contribution < 1.29 is 0 Å². The van der Waals surface area contributed by atoms with Crippen molar-refractivity contribution in [2.45, 2.75) is 46.2 Å². The van der Waals surface area contributed by atoms with Crippen LogP contribution in [0, 0.1) is 5.92 Å². The second kappa shape index (κ2) is 9.11. The van der Waals surface area contributed by atoms with Gasteiger partial charge < -0.3 is 10.2 Å². The highest BCUT2D eigenvalue weighted by Gasteiger charge is 2.05. The van der Waals surface area contributed by atoms with Gasteiger partial charge in [-0.1, -0.05) is 13.8 Å². The molecule has 1 aromatic heterocycles. The third-order valence-corrected chi connectivity index (χ3v) is 4.89. The third-order valence-electron chi connectivity index (χ3n) is 3.21. The van der Waals surface area contributed by atoms with E-state index in [1.165, 1.54) is 22.2 Å². The zero-order chi connectivity index (χ0) is 14.3. The molecule has 0 radical (unpaired) electrons. The maximum Gasteiger partial charge on any atom is 0.0325 e. The summed E-state index contributed by atoms with van der Waals surface area (Å²) in [6.45, 7) is 10.1. The fourth-order valence-corrected chi connectivity index (χ4v) is 3.50. The maximum atomic E-state index is 3.61. The van der Waals surface area contributed by atoms with Gasteiger partial charge in [0.05, 0.1) is 0 Å². The number of likely N-dealkylation sites (N-methyl/N-ethyl adjacent to an activating group) is 1. The van der Waals surface area contributed by atoms with E-state index < -0.39 is 0 Å². The molecule has 0 spiro atoms. The summed E-state index contributed by atoms with van der Waals surface area (Å²) < 4.78 is 1.20. The molecule has 0 aliphatic carbocycles. The number of rotatable bonds is 9. The van der Waals surface area contributed by atoms with Crippen LogP contribution in [0.1, 0.15) is 38.5 Å². The topological polar surface area (TPSA) is 15.3 Å². The number of hydrogen-bond donors (Lipinski definition) is 1. The molecule has 0 aromatic carbocycles. The minimum atomic E-state index is 0.631. The highest BCUT2D eigenvalue weighted by Crippen LogP contribution is 2.20. The summed E-state index contributed by atoms with van der Waals surface area (Å²) >= 11 is 5.32. The fourth-order valence-electron chi connectivity index (χ4n) is 1.97. The summed E-state index contributed by atoms with van der Waals surface area (Å²) in [6.07, 6.45) is 2.59. The number of hydrogen-bond acceptors (Lipinski definition) is 3. The van der Waals surface area contributed by atoms with Crippen molar-refractivity contribution in [1.29, 1.82) is 0 Å². The second-order valence-corrected chi connectivity index (χ2v) is 7.71. The van der Waals surface area contributed by atoms with Crippen LogP contribution in [0.4, 0.5) is 0 Å². The maximum absolute atomic E-state index is 3.61. The van der Waals surface area contributed by atoms with Crippen LogP contribution in [0.5, 0.6) is 0 Å². The monoisotopic (exact) mass is 346 g/mol. The highest BCUT2D eigenvalue weighted by atomic mass is 79.9. The number of halogens is 1. The predicted octanol–water partition coefficient (Wildman–Crippen LogP) is 4.36. The van der Waals surface area contributed by atoms with E-state index in [1.807, 2.05) is 11.3 Å². The molecule has 1 heterocycles. The van der Waals surface area contributed by atoms with Crippen molar-refractivity contribution in [3.63, 3.8) is 0 Å². The molecule has 1 aromatic rings. The van der Waals surface area contributed by atoms with Gasteiger partial charge in [-0.2, -0.15) is 0 Å². The summed E-state index contributed by atoms with van der Waals surface area (Å²) in [4.78, 5) is 3.79. The summed E-state index contributed by atoms with van der Waals surface area (Å²) in [7, 11) is 2.19. The summed E-state index contributed by atoms with van der Waals surface area (Å²) in [6, 6.07) is 2.84. The van der Waals surface area contributed by atoms with Crippen LogP contribution < -0.4 is 5.32 Å². The van der Waals surface area contributed by atoms with E-state index in [4.69, 9.17) is 0 Å². The Labute approximate surface area is 130 Å². The normalized spacial score (nSPS) is 13.4. The summed E-state index contributed by atoms with van der Waals surface area (Å²) in [5.74, 6) is 0.809. The average molecular weight is 347 g/mol. The first-order chi connectivity index (χ1) is 8.97. The number of nitrogens with zero attached hydrogens (tertiary/aromatic N) is 1. The van der Waals surface area contributed by atoms with Gasteiger partial charge in [-0.05, 0) is 54.7 Å². The number of nitrogens with one attached hydrogen (secondary N) is 1. The largest absolute Gasteiger partial charge is 0.313 e. The van der Waals surface area contributed by atoms with Crippen LogP contribution >= 0.6 is 27.3 Å². The molecular weight excluding hydrogens is 320 g/mol. The molecular formula is C15H27BrN2S. The van der Waals surface area contributed by atoms with Crippen LogP contribution in [0.25, 0.3) is 0 Å². The third kappa shape index (κ3) is 8.08. The molecule has 0 aliphatic heterocycles. The Kier molecular flexibility index (Phi) is 8.23. The van der Waals surface area contributed by atoms with E-state index in [0.29, 0.717) is 6.04 Å². The molecule has 110 valence electrons. The Bertz CT molecular complexity index is 352. The van der Waals surface area contributed by atoms with Crippen LogP contribution in [-0.4, -0.2) is 31.1 Å². The van der Waals surface area contributed by atoms with Crippen molar-refractivity contribution in [3.05, 3.63) is 20.8 Å². The fraction of sp³-hybridized carbons (Fsp3) is 0.733. The molecule has 0 saturated heterocycles. The Hall–Kier alpha value is 0.1000. The molecule has 19 heavy (non-hydrogen) atoms. The Morgan fingerprint density at radius 2 is 2.05 bits per heavy atom. The van der Waals surface area contributed by atoms with E-state index in [1.54, 1.807) is 0 Å². The van der Waals surface area contributed by atoms with Crippen molar-refractivity contribution in [1.82, 2.24) is 10.2 Å². The average Bonchev–Trinajstić information content (AvgIpc) is 2.72. The van der Waals surface area contributed by atoms with E-state index in [0.717, 1.165) is 25.6 Å². The Morgan fingerprint density at radius 3 is 2.63 bits per heavy atom. The first kappa shape index (κ1) is 17.2. The van der Waals surface area contributed by atoms with E-state index in [-0.39, 0.29) is 0 Å². The molecule has 0 amide bonds. The zero-order valence-electron chi connectivity index (χ0n) is 12.6. The lowest BCUT2D eigenvalue weighted by Gasteiger charge is -2.19. The minimum Gasteiger partial charge on any atom is -0.313 e. The highest BCUT2D eigenvalue weighted by molar-refractivity contribution is 9.10. The second-order valence-electron chi connectivity index (χ2n) is 5.80. The predicted molar refractivity (Wildman–Crippen MR) is 89.9 cm³/mol. The lowest BCUT2D eigenvalue weighted by atomic mass is 10.0. The van der Waals surface area contributed by atoms with Gasteiger partial charge in [-0.15, -0.1) is 11.3 Å². The molecule has 0 saturated carbocycles. The van der Waals surface area contributed by atoms with Gasteiger partial charge in [-0.3, -0.25) is 0 Å². The Balaban J connectivity index is 2.11. The molecule has 1 N–H and O–H groups in total. The van der Waals surface area contributed by atoms with Gasteiger partial charge in [0.25, 0.3) is 0 Å². The SMILES string of the molecule is CC(C)CCC(C)NCCN(C)Cc1cc(Br)cs1.